The number of rotatable bonds is 4. The van der Waals surface area contributed by atoms with Crippen molar-refractivity contribution in [3.05, 3.63) is 0 Å². The van der Waals surface area contributed by atoms with Gasteiger partial charge in [0.1, 0.15) is 0 Å². The monoisotopic (exact) mass is 181 g/mol. The van der Waals surface area contributed by atoms with Crippen LogP contribution in [0.2, 0.25) is 0 Å². The molecule has 0 spiro atoms. The second-order valence-electron chi connectivity index (χ2n) is 3.70. The Bertz CT molecular complexity index is 173. The van der Waals surface area contributed by atoms with Crippen LogP contribution in [0, 0.1) is 11.3 Å². The van der Waals surface area contributed by atoms with Crippen LogP contribution in [0.3, 0.4) is 0 Å². The first-order valence-electron chi connectivity index (χ1n) is 5.16. The third-order valence-electron chi connectivity index (χ3n) is 2.62. The fraction of sp³-hybridized carbons (Fsp3) is 0.900. The van der Waals surface area contributed by atoms with E-state index < -0.39 is 0 Å². The molecular weight excluding hydrogens is 162 g/mol. The highest BCUT2D eigenvalue weighted by atomic mass is 15.2. The van der Waals surface area contributed by atoms with E-state index in [-0.39, 0.29) is 0 Å². The first-order valence-corrected chi connectivity index (χ1v) is 5.16. The van der Waals surface area contributed by atoms with Crippen molar-refractivity contribution in [3.8, 4) is 6.07 Å². The molecule has 1 fully saturated rings. The zero-order valence-corrected chi connectivity index (χ0v) is 8.42. The molecule has 3 heteroatoms. The van der Waals surface area contributed by atoms with E-state index in [4.69, 9.17) is 5.26 Å². The summed E-state index contributed by atoms with van der Waals surface area (Å²) >= 11 is 0. The van der Waals surface area contributed by atoms with Gasteiger partial charge in [0.25, 0.3) is 0 Å². The Labute approximate surface area is 80.7 Å². The normalized spacial score (nSPS) is 24.2. The average molecular weight is 181 g/mol. The smallest absolute Gasteiger partial charge is 0.0621 e. The van der Waals surface area contributed by atoms with Gasteiger partial charge in [0.15, 0.2) is 0 Å². The first kappa shape index (κ1) is 10.5. The van der Waals surface area contributed by atoms with Crippen molar-refractivity contribution in [2.45, 2.75) is 32.2 Å². The predicted octanol–water partition coefficient (Wildman–Crippen LogP) is 0.974. The molecule has 0 aromatic carbocycles. The summed E-state index contributed by atoms with van der Waals surface area (Å²) < 4.78 is 0. The summed E-state index contributed by atoms with van der Waals surface area (Å²) in [4.78, 5) is 2.51. The van der Waals surface area contributed by atoms with Crippen molar-refractivity contribution in [2.75, 3.05) is 26.2 Å². The van der Waals surface area contributed by atoms with Crippen LogP contribution in [0.5, 0.6) is 0 Å². The largest absolute Gasteiger partial charge is 0.314 e. The molecule has 1 rings (SSSR count). The van der Waals surface area contributed by atoms with Crippen molar-refractivity contribution in [1.29, 1.82) is 5.26 Å². The maximum atomic E-state index is 8.38. The van der Waals surface area contributed by atoms with E-state index in [1.807, 2.05) is 0 Å². The molecule has 3 nitrogen and oxygen atoms in total. The number of nitrogens with zero attached hydrogens (tertiary/aromatic N) is 2. The molecule has 0 aromatic rings. The summed E-state index contributed by atoms with van der Waals surface area (Å²) in [6.07, 6.45) is 2.92. The van der Waals surface area contributed by atoms with Crippen molar-refractivity contribution >= 4 is 0 Å². The van der Waals surface area contributed by atoms with E-state index in [1.54, 1.807) is 0 Å². The van der Waals surface area contributed by atoms with E-state index in [9.17, 15) is 0 Å². The van der Waals surface area contributed by atoms with Gasteiger partial charge in [-0.05, 0) is 26.3 Å². The van der Waals surface area contributed by atoms with Crippen molar-refractivity contribution in [2.24, 2.45) is 0 Å². The Kier molecular flexibility index (Phi) is 4.81. The summed E-state index contributed by atoms with van der Waals surface area (Å²) in [7, 11) is 0. The van der Waals surface area contributed by atoms with Gasteiger partial charge in [-0.3, -0.25) is 4.90 Å². The lowest BCUT2D eigenvalue weighted by Gasteiger charge is -2.33. The molecule has 0 radical (unpaired) electrons. The maximum absolute atomic E-state index is 8.38. The maximum Gasteiger partial charge on any atom is 0.0621 e. The minimum Gasteiger partial charge on any atom is -0.314 e. The van der Waals surface area contributed by atoms with Crippen LogP contribution < -0.4 is 5.32 Å². The van der Waals surface area contributed by atoms with Crippen LogP contribution in [-0.2, 0) is 0 Å². The zero-order chi connectivity index (χ0) is 9.52. The van der Waals surface area contributed by atoms with Gasteiger partial charge in [-0.25, -0.2) is 0 Å². The summed E-state index contributed by atoms with van der Waals surface area (Å²) in [5.41, 5.74) is 0. The zero-order valence-electron chi connectivity index (χ0n) is 8.42. The molecule has 74 valence electrons. The van der Waals surface area contributed by atoms with Gasteiger partial charge in [0.05, 0.1) is 6.07 Å². The Morgan fingerprint density at radius 3 is 3.08 bits per heavy atom. The van der Waals surface area contributed by atoms with E-state index in [0.717, 1.165) is 39.0 Å². The van der Waals surface area contributed by atoms with Gasteiger partial charge in [-0.2, -0.15) is 5.26 Å². The molecule has 13 heavy (non-hydrogen) atoms. The van der Waals surface area contributed by atoms with Gasteiger partial charge in [0, 0.05) is 32.1 Å². The number of nitriles is 1. The van der Waals surface area contributed by atoms with Crippen molar-refractivity contribution in [1.82, 2.24) is 10.2 Å². The highest BCUT2D eigenvalue weighted by molar-refractivity contribution is 4.76. The standard InChI is InChI=1S/C10H19N3/c1-10-9-12-6-8-13(10)7-4-2-3-5-11/h10,12H,2-4,6-9H2,1H3/t10-/m0/s1. The van der Waals surface area contributed by atoms with Crippen molar-refractivity contribution < 1.29 is 0 Å². The Balaban J connectivity index is 2.09. The molecule has 1 atom stereocenters. The van der Waals surface area contributed by atoms with Gasteiger partial charge in [0.2, 0.25) is 0 Å². The van der Waals surface area contributed by atoms with Gasteiger partial charge < -0.3 is 5.32 Å². The number of hydrogen-bond donors (Lipinski definition) is 1. The topological polar surface area (TPSA) is 39.1 Å². The van der Waals surface area contributed by atoms with Gasteiger partial charge in [-0.1, -0.05) is 0 Å². The molecule has 0 bridgehead atoms. The van der Waals surface area contributed by atoms with E-state index >= 15 is 0 Å². The highest BCUT2D eigenvalue weighted by Gasteiger charge is 2.16. The minimum absolute atomic E-state index is 0.663. The summed E-state index contributed by atoms with van der Waals surface area (Å²) in [5, 5.41) is 11.8. The molecule has 1 aliphatic rings. The Morgan fingerprint density at radius 2 is 2.38 bits per heavy atom. The summed E-state index contributed by atoms with van der Waals surface area (Å²) in [6.45, 7) is 6.80. The third-order valence-corrected chi connectivity index (χ3v) is 2.62. The fourth-order valence-corrected chi connectivity index (χ4v) is 1.73. The Hall–Kier alpha value is -0.590. The molecule has 0 aromatic heterocycles. The van der Waals surface area contributed by atoms with Gasteiger partial charge in [-0.15, -0.1) is 0 Å². The van der Waals surface area contributed by atoms with E-state index in [2.05, 4.69) is 23.2 Å². The summed E-state index contributed by atoms with van der Waals surface area (Å²) in [6, 6.07) is 2.85. The average Bonchev–Trinajstić information content (AvgIpc) is 2.15. The number of unbranched alkanes of at least 4 members (excludes halogenated alkanes) is 2. The molecule has 1 N–H and O–H groups in total. The summed E-state index contributed by atoms with van der Waals surface area (Å²) in [5.74, 6) is 0. The molecule has 0 amide bonds. The van der Waals surface area contributed by atoms with E-state index in [1.165, 1.54) is 0 Å². The van der Waals surface area contributed by atoms with Crippen LogP contribution in [0.25, 0.3) is 0 Å². The van der Waals surface area contributed by atoms with Crippen LogP contribution >= 0.6 is 0 Å². The highest BCUT2D eigenvalue weighted by Crippen LogP contribution is 2.05. The quantitative estimate of drug-likeness (QED) is 0.657. The third kappa shape index (κ3) is 3.75. The molecule has 0 unspecified atom stereocenters. The fourth-order valence-electron chi connectivity index (χ4n) is 1.73. The number of nitrogens with one attached hydrogen (secondary N) is 1. The van der Waals surface area contributed by atoms with Crippen LogP contribution in [-0.4, -0.2) is 37.1 Å². The van der Waals surface area contributed by atoms with Crippen molar-refractivity contribution in [3.63, 3.8) is 0 Å². The molecule has 1 aliphatic heterocycles. The Morgan fingerprint density at radius 1 is 1.54 bits per heavy atom. The van der Waals surface area contributed by atoms with Gasteiger partial charge >= 0.3 is 0 Å². The second-order valence-corrected chi connectivity index (χ2v) is 3.70. The number of hydrogen-bond acceptors (Lipinski definition) is 3. The minimum atomic E-state index is 0.663. The lowest BCUT2D eigenvalue weighted by atomic mass is 10.2. The van der Waals surface area contributed by atoms with Crippen LogP contribution in [0.15, 0.2) is 0 Å². The second kappa shape index (κ2) is 5.95. The first-order chi connectivity index (χ1) is 6.34. The molecule has 0 saturated carbocycles. The van der Waals surface area contributed by atoms with Crippen LogP contribution in [0.1, 0.15) is 26.2 Å². The molecular formula is C10H19N3. The SMILES string of the molecule is C[C@H]1CNCCN1CCCCC#N. The van der Waals surface area contributed by atoms with E-state index in [0.29, 0.717) is 12.5 Å². The molecule has 1 heterocycles. The predicted molar refractivity (Wildman–Crippen MR) is 53.4 cm³/mol. The molecule has 1 saturated heterocycles. The lowest BCUT2D eigenvalue weighted by Crippen LogP contribution is -2.49. The molecule has 0 aliphatic carbocycles. The number of piperazine rings is 1. The lowest BCUT2D eigenvalue weighted by molar-refractivity contribution is 0.171. The van der Waals surface area contributed by atoms with Crippen LogP contribution in [0.4, 0.5) is 0 Å².